The van der Waals surface area contributed by atoms with Gasteiger partial charge in [-0.3, -0.25) is 9.59 Å². The lowest BCUT2D eigenvalue weighted by atomic mass is 9.87. The second-order valence-corrected chi connectivity index (χ2v) is 5.72. The smallest absolute Gasteiger partial charge is 0.308 e. The van der Waals surface area contributed by atoms with Crippen LogP contribution in [-0.4, -0.2) is 43.6 Å². The summed E-state index contributed by atoms with van der Waals surface area (Å²) < 4.78 is 10.1. The van der Waals surface area contributed by atoms with E-state index in [2.05, 4.69) is 12.1 Å². The molecule has 23 heavy (non-hydrogen) atoms. The van der Waals surface area contributed by atoms with Crippen LogP contribution in [0.4, 0.5) is 0 Å². The Hall–Kier alpha value is -1.88. The standard InChI is InChI=1S/C18H25NO4/c1-3-22-12-11-18(21)23-13-17(20)19(2)16-10-6-8-14-7-4-5-9-15(14)16/h4-5,7,9,16H,3,6,8,10-13H2,1-2H3/t16-/m0/s1. The molecular formula is C18H25NO4. The van der Waals surface area contributed by atoms with Crippen LogP contribution in [0.3, 0.4) is 0 Å². The van der Waals surface area contributed by atoms with Crippen molar-refractivity contribution < 1.29 is 19.1 Å². The van der Waals surface area contributed by atoms with Gasteiger partial charge in [0.2, 0.25) is 0 Å². The number of carbonyl (C=O) groups excluding carboxylic acids is 2. The van der Waals surface area contributed by atoms with E-state index in [0.717, 1.165) is 19.3 Å². The van der Waals surface area contributed by atoms with E-state index in [1.54, 1.807) is 11.9 Å². The van der Waals surface area contributed by atoms with Crippen LogP contribution in [-0.2, 0) is 25.5 Å². The maximum absolute atomic E-state index is 12.3. The molecule has 1 amide bonds. The quantitative estimate of drug-likeness (QED) is 0.572. The Labute approximate surface area is 137 Å². The Balaban J connectivity index is 1.87. The highest BCUT2D eigenvalue weighted by Crippen LogP contribution is 2.33. The third-order valence-corrected chi connectivity index (χ3v) is 4.21. The molecule has 5 heteroatoms. The Bertz CT molecular complexity index is 544. The average molecular weight is 319 g/mol. The van der Waals surface area contributed by atoms with Crippen molar-refractivity contribution in [1.82, 2.24) is 4.90 Å². The minimum Gasteiger partial charge on any atom is -0.455 e. The number of carbonyl (C=O) groups is 2. The molecule has 0 aliphatic heterocycles. The minimum atomic E-state index is -0.399. The highest BCUT2D eigenvalue weighted by Gasteiger charge is 2.26. The van der Waals surface area contributed by atoms with Gasteiger partial charge in [0.05, 0.1) is 19.1 Å². The number of nitrogens with zero attached hydrogens (tertiary/aromatic N) is 1. The van der Waals surface area contributed by atoms with Crippen LogP contribution in [0.5, 0.6) is 0 Å². The molecule has 0 saturated carbocycles. The van der Waals surface area contributed by atoms with E-state index in [4.69, 9.17) is 9.47 Å². The highest BCUT2D eigenvalue weighted by molar-refractivity contribution is 5.81. The summed E-state index contributed by atoms with van der Waals surface area (Å²) in [5, 5.41) is 0. The fraction of sp³-hybridized carbons (Fsp3) is 0.556. The second kappa shape index (κ2) is 8.67. The summed E-state index contributed by atoms with van der Waals surface area (Å²) in [6, 6.07) is 8.30. The fourth-order valence-corrected chi connectivity index (χ4v) is 2.92. The number of likely N-dealkylation sites (N-methyl/N-ethyl adjacent to an activating group) is 1. The third kappa shape index (κ3) is 4.79. The van der Waals surface area contributed by atoms with Crippen LogP contribution in [0.1, 0.15) is 43.4 Å². The van der Waals surface area contributed by atoms with Crippen molar-refractivity contribution in [3.05, 3.63) is 35.4 Å². The summed E-state index contributed by atoms with van der Waals surface area (Å²) in [4.78, 5) is 25.6. The molecule has 1 aromatic carbocycles. The molecule has 0 bridgehead atoms. The SMILES string of the molecule is CCOCCC(=O)OCC(=O)N(C)[C@H]1CCCc2ccccc21. The molecule has 5 nitrogen and oxygen atoms in total. The van der Waals surface area contributed by atoms with Gasteiger partial charge in [0.25, 0.3) is 5.91 Å². The van der Waals surface area contributed by atoms with Crippen molar-refractivity contribution in [2.45, 2.75) is 38.6 Å². The molecule has 126 valence electrons. The predicted molar refractivity (Wildman–Crippen MR) is 87.0 cm³/mol. The van der Waals surface area contributed by atoms with E-state index in [-0.39, 0.29) is 25.0 Å². The first kappa shape index (κ1) is 17.5. The molecule has 1 aliphatic carbocycles. The zero-order chi connectivity index (χ0) is 16.7. The van der Waals surface area contributed by atoms with Crippen molar-refractivity contribution in [3.8, 4) is 0 Å². The van der Waals surface area contributed by atoms with Gasteiger partial charge in [0.15, 0.2) is 6.61 Å². The van der Waals surface area contributed by atoms with Crippen LogP contribution in [0.15, 0.2) is 24.3 Å². The van der Waals surface area contributed by atoms with Crippen LogP contribution in [0.25, 0.3) is 0 Å². The number of hydrogen-bond acceptors (Lipinski definition) is 4. The zero-order valence-corrected chi connectivity index (χ0v) is 13.9. The number of hydrogen-bond donors (Lipinski definition) is 0. The molecule has 0 aromatic heterocycles. The number of benzene rings is 1. The van der Waals surface area contributed by atoms with Gasteiger partial charge in [-0.1, -0.05) is 24.3 Å². The Morgan fingerprint density at radius 3 is 2.87 bits per heavy atom. The van der Waals surface area contributed by atoms with Gasteiger partial charge < -0.3 is 14.4 Å². The van der Waals surface area contributed by atoms with E-state index in [1.807, 2.05) is 19.1 Å². The van der Waals surface area contributed by atoms with Gasteiger partial charge in [-0.05, 0) is 37.3 Å². The maximum Gasteiger partial charge on any atom is 0.308 e. The summed E-state index contributed by atoms with van der Waals surface area (Å²) in [5.74, 6) is -0.569. The number of amides is 1. The number of rotatable bonds is 7. The first-order chi connectivity index (χ1) is 11.1. The minimum absolute atomic E-state index is 0.0644. The van der Waals surface area contributed by atoms with Crippen molar-refractivity contribution in [3.63, 3.8) is 0 Å². The van der Waals surface area contributed by atoms with E-state index in [9.17, 15) is 9.59 Å². The molecule has 1 atom stereocenters. The zero-order valence-electron chi connectivity index (χ0n) is 13.9. The van der Waals surface area contributed by atoms with E-state index < -0.39 is 5.97 Å². The lowest BCUT2D eigenvalue weighted by Gasteiger charge is -2.33. The summed E-state index contributed by atoms with van der Waals surface area (Å²) in [7, 11) is 1.78. The molecule has 0 radical (unpaired) electrons. The number of ether oxygens (including phenoxy) is 2. The molecule has 0 N–H and O–H groups in total. The van der Waals surface area contributed by atoms with Gasteiger partial charge in [-0.2, -0.15) is 0 Å². The summed E-state index contributed by atoms with van der Waals surface area (Å²) in [5.41, 5.74) is 2.51. The van der Waals surface area contributed by atoms with Gasteiger partial charge in [0.1, 0.15) is 0 Å². The van der Waals surface area contributed by atoms with Crippen LogP contribution < -0.4 is 0 Å². The Morgan fingerprint density at radius 2 is 2.09 bits per heavy atom. The summed E-state index contributed by atoms with van der Waals surface area (Å²) >= 11 is 0. The number of fused-ring (bicyclic) bond motifs is 1. The largest absolute Gasteiger partial charge is 0.455 e. The normalized spacial score (nSPS) is 16.5. The van der Waals surface area contributed by atoms with Crippen LogP contribution >= 0.6 is 0 Å². The van der Waals surface area contributed by atoms with E-state index in [1.165, 1.54) is 11.1 Å². The topological polar surface area (TPSA) is 55.8 Å². The first-order valence-corrected chi connectivity index (χ1v) is 8.20. The van der Waals surface area contributed by atoms with Gasteiger partial charge in [-0.25, -0.2) is 0 Å². The third-order valence-electron chi connectivity index (χ3n) is 4.21. The van der Waals surface area contributed by atoms with Gasteiger partial charge >= 0.3 is 5.97 Å². The van der Waals surface area contributed by atoms with Crippen molar-refractivity contribution >= 4 is 11.9 Å². The van der Waals surface area contributed by atoms with E-state index >= 15 is 0 Å². The fourth-order valence-electron chi connectivity index (χ4n) is 2.92. The highest BCUT2D eigenvalue weighted by atomic mass is 16.5. The molecule has 0 spiro atoms. The average Bonchev–Trinajstić information content (AvgIpc) is 2.58. The van der Waals surface area contributed by atoms with Crippen molar-refractivity contribution in [1.29, 1.82) is 0 Å². The molecule has 1 aromatic rings. The second-order valence-electron chi connectivity index (χ2n) is 5.72. The maximum atomic E-state index is 12.3. The van der Waals surface area contributed by atoms with Crippen molar-refractivity contribution in [2.24, 2.45) is 0 Å². The molecular weight excluding hydrogens is 294 g/mol. The summed E-state index contributed by atoms with van der Waals surface area (Å²) in [6.07, 6.45) is 3.24. The molecule has 0 heterocycles. The molecule has 0 fully saturated rings. The monoisotopic (exact) mass is 319 g/mol. The van der Waals surface area contributed by atoms with Crippen molar-refractivity contribution in [2.75, 3.05) is 26.9 Å². The predicted octanol–water partition coefficient (Wildman–Crippen LogP) is 2.49. The number of aryl methyl sites for hydroxylation is 1. The van der Waals surface area contributed by atoms with Gasteiger partial charge in [-0.15, -0.1) is 0 Å². The summed E-state index contributed by atoms with van der Waals surface area (Å²) in [6.45, 7) is 2.55. The van der Waals surface area contributed by atoms with E-state index in [0.29, 0.717) is 13.2 Å². The Morgan fingerprint density at radius 1 is 1.30 bits per heavy atom. The van der Waals surface area contributed by atoms with Crippen LogP contribution in [0.2, 0.25) is 0 Å². The van der Waals surface area contributed by atoms with Gasteiger partial charge in [0, 0.05) is 13.7 Å². The molecule has 1 aliphatic rings. The lowest BCUT2D eigenvalue weighted by molar-refractivity contribution is -0.153. The molecule has 0 unspecified atom stereocenters. The Kier molecular flexibility index (Phi) is 6.59. The lowest BCUT2D eigenvalue weighted by Crippen LogP contribution is -2.36. The van der Waals surface area contributed by atoms with Crippen LogP contribution in [0, 0.1) is 0 Å². The first-order valence-electron chi connectivity index (χ1n) is 8.20. The number of esters is 1. The molecule has 0 saturated heterocycles. The molecule has 2 rings (SSSR count).